The van der Waals surface area contributed by atoms with Gasteiger partial charge < -0.3 is 15.5 Å². The lowest BCUT2D eigenvalue weighted by molar-refractivity contribution is -0.197. The monoisotopic (exact) mass is 403 g/mol. The van der Waals surface area contributed by atoms with Crippen LogP contribution in [-0.4, -0.2) is 71.3 Å². The van der Waals surface area contributed by atoms with Crippen molar-refractivity contribution in [2.75, 3.05) is 19.6 Å². The number of imide groups is 1. The van der Waals surface area contributed by atoms with Gasteiger partial charge in [0.2, 0.25) is 11.8 Å². The first-order valence-electron chi connectivity index (χ1n) is 10.0. The highest BCUT2D eigenvalue weighted by molar-refractivity contribution is 6.01. The van der Waals surface area contributed by atoms with Crippen LogP contribution >= 0.6 is 0 Å². The largest absolute Gasteiger partial charge is 0.355 e. The molecule has 0 aliphatic carbocycles. The van der Waals surface area contributed by atoms with Crippen LogP contribution in [0.5, 0.6) is 0 Å². The Balaban J connectivity index is 1.63. The van der Waals surface area contributed by atoms with Crippen LogP contribution in [0.4, 0.5) is 0 Å². The van der Waals surface area contributed by atoms with E-state index in [1.807, 2.05) is 18.7 Å². The molecule has 2 aliphatic rings. The van der Waals surface area contributed by atoms with E-state index >= 15 is 0 Å². The second kappa shape index (κ2) is 10.2. The van der Waals surface area contributed by atoms with Crippen molar-refractivity contribution < 1.29 is 30.2 Å². The molecule has 2 N–H and O–H groups in total. The normalized spacial score (nSPS) is 23.1. The van der Waals surface area contributed by atoms with Gasteiger partial charge in [0.05, 0.1) is 13.8 Å². The number of nitrogens with one attached hydrogen (secondary N) is 2. The van der Waals surface area contributed by atoms with Gasteiger partial charge in [-0.2, -0.15) is 0 Å². The van der Waals surface area contributed by atoms with Gasteiger partial charge >= 0.3 is 5.97 Å². The number of hydrogen-bond donors (Lipinski definition) is 2. The third-order valence-corrected chi connectivity index (χ3v) is 4.53. The highest BCUT2D eigenvalue weighted by Gasteiger charge is 2.33. The van der Waals surface area contributed by atoms with Crippen molar-refractivity contribution in [2.24, 2.45) is 0 Å². The molecular formula is C18H28N4O6. The molecule has 2 aliphatic heterocycles. The van der Waals surface area contributed by atoms with Gasteiger partial charge in [0.25, 0.3) is 11.8 Å². The molecule has 10 heteroatoms. The van der Waals surface area contributed by atoms with Crippen molar-refractivity contribution in [3.05, 3.63) is 0 Å². The van der Waals surface area contributed by atoms with Crippen LogP contribution in [0.1, 0.15) is 53.7 Å². The standard InChI is InChI=1S/C18H28N4O6/c1-12(2)21-11-3-4-13(21)18(27)20-9-7-14(23)19-10-8-17(26)28-22-15(24)5-6-16(22)25/h12-13H,3-11H2,1-2H3,(H,19,23)(H,20,27)/i8+1,10+1,12+1,13D,14+1,17+1,19+1. The van der Waals surface area contributed by atoms with Crippen LogP contribution in [0.25, 0.3) is 0 Å². The fourth-order valence-electron chi connectivity index (χ4n) is 3.10. The summed E-state index contributed by atoms with van der Waals surface area (Å²) in [6, 6.07) is -1.23. The fraction of sp³-hybridized carbons (Fsp3) is 0.722. The smallest absolute Gasteiger partial charge is 0.334 e. The highest BCUT2D eigenvalue weighted by atomic mass is 16.8. The van der Waals surface area contributed by atoms with Gasteiger partial charge in [0.1, 0.15) is 0 Å². The minimum atomic E-state index is -1.31. The maximum absolute atomic E-state index is 12.4. The summed E-state index contributed by atoms with van der Waals surface area (Å²) in [6.07, 6.45) is 1.07. The zero-order valence-electron chi connectivity index (χ0n) is 17.3. The van der Waals surface area contributed by atoms with E-state index < -0.39 is 29.7 Å². The van der Waals surface area contributed by atoms with Gasteiger partial charge in [-0.05, 0) is 33.2 Å². The zero-order chi connectivity index (χ0) is 21.6. The number of carbonyl (C=O) groups is 5. The van der Waals surface area contributed by atoms with Gasteiger partial charge in [-0.15, -0.1) is 5.06 Å². The van der Waals surface area contributed by atoms with Crippen molar-refractivity contribution in [1.29, 1.82) is 0 Å². The zero-order valence-corrected chi connectivity index (χ0v) is 16.3. The maximum Gasteiger partial charge on any atom is 0.334 e. The number of rotatable bonds is 9. The van der Waals surface area contributed by atoms with E-state index in [4.69, 9.17) is 1.37 Å². The molecule has 0 radical (unpaired) electrons. The number of likely N-dealkylation sites (tertiary alicyclic amines) is 1. The molecule has 0 bridgehead atoms. The van der Waals surface area contributed by atoms with E-state index in [0.29, 0.717) is 18.0 Å². The molecule has 1 unspecified atom stereocenters. The molecule has 10 nitrogen and oxygen atoms in total. The van der Waals surface area contributed by atoms with Crippen LogP contribution in [-0.2, 0) is 28.8 Å². The molecule has 0 spiro atoms. The van der Waals surface area contributed by atoms with Crippen LogP contribution in [0.15, 0.2) is 0 Å². The third kappa shape index (κ3) is 6.01. The lowest BCUT2D eigenvalue weighted by Gasteiger charge is -2.27. The summed E-state index contributed by atoms with van der Waals surface area (Å²) in [5.41, 5.74) is 0. The van der Waals surface area contributed by atoms with Crippen LogP contribution in [0, 0.1) is 0 Å². The van der Waals surface area contributed by atoms with Gasteiger partial charge in [0.15, 0.2) is 0 Å². The van der Waals surface area contributed by atoms with Gasteiger partial charge in [0, 0.05) is 38.4 Å². The van der Waals surface area contributed by atoms with E-state index in [9.17, 15) is 24.0 Å². The Morgan fingerprint density at radius 3 is 2.43 bits per heavy atom. The highest BCUT2D eigenvalue weighted by Crippen LogP contribution is 2.19. The second-order valence-corrected chi connectivity index (χ2v) is 6.99. The summed E-state index contributed by atoms with van der Waals surface area (Å²) >= 11 is 0. The van der Waals surface area contributed by atoms with Crippen LogP contribution in [0.2, 0.25) is 0 Å². The quantitative estimate of drug-likeness (QED) is 0.301. The topological polar surface area (TPSA) is 125 Å². The number of amides is 4. The Morgan fingerprint density at radius 1 is 1.14 bits per heavy atom. The van der Waals surface area contributed by atoms with Crippen molar-refractivity contribution in [3.8, 4) is 0 Å². The summed E-state index contributed by atoms with van der Waals surface area (Å²) in [5.74, 6) is -2.71. The maximum atomic E-state index is 12.4. The number of hydroxylamine groups is 2. The predicted molar refractivity (Wildman–Crippen MR) is 97.3 cm³/mol. The Hall–Kier alpha value is -2.49. The van der Waals surface area contributed by atoms with E-state index in [-0.39, 0.29) is 50.7 Å². The Morgan fingerprint density at radius 2 is 1.79 bits per heavy atom. The molecule has 0 aromatic heterocycles. The number of nitrogens with zero attached hydrogens (tertiary/aromatic N) is 2. The van der Waals surface area contributed by atoms with E-state index in [1.165, 1.54) is 0 Å². The summed E-state index contributed by atoms with van der Waals surface area (Å²) in [7, 11) is 0. The molecule has 2 heterocycles. The third-order valence-electron chi connectivity index (χ3n) is 4.53. The summed E-state index contributed by atoms with van der Waals surface area (Å²) in [5, 5.41) is 5.60. The molecule has 156 valence electrons. The Labute approximate surface area is 165 Å². The lowest BCUT2D eigenvalue weighted by Crippen LogP contribution is -2.46. The minimum absolute atomic E-state index is 0.00163. The van der Waals surface area contributed by atoms with E-state index in [1.54, 1.807) is 0 Å². The molecule has 0 aromatic rings. The molecule has 4 amide bonds. The lowest BCUT2D eigenvalue weighted by atomic mass is 10.2. The summed E-state index contributed by atoms with van der Waals surface area (Å²) in [6.45, 7) is 4.63. The van der Waals surface area contributed by atoms with Gasteiger partial charge in [-0.3, -0.25) is 24.1 Å². The molecule has 0 saturated carbocycles. The van der Waals surface area contributed by atoms with Crippen molar-refractivity contribution in [3.63, 3.8) is 0 Å². The molecular weight excluding hydrogens is 374 g/mol. The predicted octanol–water partition coefficient (Wildman–Crippen LogP) is -0.521. The number of hydrogen-bond acceptors (Lipinski definition) is 7. The molecule has 2 fully saturated rings. The molecule has 2 saturated heterocycles. The van der Waals surface area contributed by atoms with E-state index in [0.717, 1.165) is 6.42 Å². The van der Waals surface area contributed by atoms with E-state index in [2.05, 4.69) is 15.5 Å². The number of carbonyl (C=O) groups excluding carboxylic acids is 5. The fourth-order valence-corrected chi connectivity index (χ4v) is 3.10. The molecule has 28 heavy (non-hydrogen) atoms. The average molecular weight is 403 g/mol. The Kier molecular flexibility index (Phi) is 7.35. The average Bonchev–Trinajstić information content (AvgIpc) is 3.20. The minimum Gasteiger partial charge on any atom is -0.355 e. The first-order valence-corrected chi connectivity index (χ1v) is 9.53. The molecule has 1 atom stereocenters. The summed E-state index contributed by atoms with van der Waals surface area (Å²) < 4.78 is 8.45. The van der Waals surface area contributed by atoms with Crippen molar-refractivity contribution >= 4 is 29.6 Å². The summed E-state index contributed by atoms with van der Waals surface area (Å²) in [4.78, 5) is 65.1. The first-order chi connectivity index (χ1) is 13.6. The van der Waals surface area contributed by atoms with Gasteiger partial charge in [-0.1, -0.05) is 0 Å². The van der Waals surface area contributed by atoms with Gasteiger partial charge in [-0.25, -0.2) is 4.79 Å². The molecule has 0 aromatic carbocycles. The second-order valence-electron chi connectivity index (χ2n) is 6.99. The van der Waals surface area contributed by atoms with Crippen molar-refractivity contribution in [2.45, 2.75) is 64.4 Å². The molecule has 2 rings (SSSR count). The SMILES string of the molecule is [2H]C1(C(=O)NCC[13C](=O)[15NH][13CH2][13CH2][13C](=O)ON2C(=O)CCC2=O)CCCN1[13CH](C)C. The van der Waals surface area contributed by atoms with Crippen molar-refractivity contribution in [1.82, 2.24) is 20.6 Å². The van der Waals surface area contributed by atoms with Crippen LogP contribution in [0.3, 0.4) is 0 Å². The Bertz CT molecular complexity index is 669. The first kappa shape index (κ1) is 20.2. The van der Waals surface area contributed by atoms with Crippen LogP contribution < -0.4 is 10.6 Å².